The van der Waals surface area contributed by atoms with Gasteiger partial charge in [-0.15, -0.1) is 0 Å². The number of oxime groups is 1. The van der Waals surface area contributed by atoms with Gasteiger partial charge < -0.3 is 10.9 Å². The Hall–Kier alpha value is -1.55. The van der Waals surface area contributed by atoms with Gasteiger partial charge in [0.25, 0.3) is 0 Å². The molecule has 1 aliphatic rings. The first kappa shape index (κ1) is 13.9. The number of hydrogen-bond donors (Lipinski definition) is 2. The molecule has 0 bridgehead atoms. The minimum absolute atomic E-state index is 0.160. The minimum Gasteiger partial charge on any atom is -0.409 e. The maximum atomic E-state index is 8.64. The van der Waals surface area contributed by atoms with Crippen molar-refractivity contribution in [1.29, 1.82) is 0 Å². The van der Waals surface area contributed by atoms with E-state index in [-0.39, 0.29) is 5.84 Å². The number of nitrogens with two attached hydrogens (primary N) is 1. The highest BCUT2D eigenvalue weighted by Gasteiger charge is 2.29. The monoisotopic (exact) mass is 261 g/mol. The summed E-state index contributed by atoms with van der Waals surface area (Å²) < 4.78 is 0. The molecule has 4 nitrogen and oxygen atoms in total. The zero-order valence-corrected chi connectivity index (χ0v) is 11.7. The number of hydrogen-bond acceptors (Lipinski definition) is 3. The Morgan fingerprint density at radius 2 is 2.00 bits per heavy atom. The van der Waals surface area contributed by atoms with E-state index in [4.69, 9.17) is 10.9 Å². The Morgan fingerprint density at radius 1 is 1.37 bits per heavy atom. The fraction of sp³-hybridized carbons (Fsp3) is 0.533. The summed E-state index contributed by atoms with van der Waals surface area (Å²) in [5.41, 5.74) is 7.60. The summed E-state index contributed by atoms with van der Waals surface area (Å²) in [5, 5.41) is 11.6. The minimum atomic E-state index is 0.160. The predicted octanol–water partition coefficient (Wildman–Crippen LogP) is 2.40. The molecule has 1 saturated carbocycles. The molecule has 1 aromatic carbocycles. The number of amidine groups is 1. The summed E-state index contributed by atoms with van der Waals surface area (Å²) in [4.78, 5) is 2.56. The third-order valence-electron chi connectivity index (χ3n) is 3.41. The Balaban J connectivity index is 2.01. The van der Waals surface area contributed by atoms with Gasteiger partial charge in [0.2, 0.25) is 0 Å². The lowest BCUT2D eigenvalue weighted by molar-refractivity contribution is 0.226. The molecule has 0 amide bonds. The Labute approximate surface area is 114 Å². The van der Waals surface area contributed by atoms with Crippen LogP contribution in [0.3, 0.4) is 0 Å². The number of benzene rings is 1. The van der Waals surface area contributed by atoms with Crippen LogP contribution in [0.2, 0.25) is 0 Å². The Morgan fingerprint density at radius 3 is 2.47 bits per heavy atom. The van der Waals surface area contributed by atoms with Gasteiger partial charge in [0.05, 0.1) is 0 Å². The maximum absolute atomic E-state index is 8.64. The molecular weight excluding hydrogens is 238 g/mol. The Bertz CT molecular complexity index is 435. The van der Waals surface area contributed by atoms with Crippen LogP contribution >= 0.6 is 0 Å². The second-order valence-electron chi connectivity index (χ2n) is 5.74. The van der Waals surface area contributed by atoms with Crippen LogP contribution < -0.4 is 5.73 Å². The van der Waals surface area contributed by atoms with Crippen molar-refractivity contribution in [2.24, 2.45) is 16.8 Å². The topological polar surface area (TPSA) is 61.8 Å². The van der Waals surface area contributed by atoms with Crippen LogP contribution in [0, 0.1) is 5.92 Å². The smallest absolute Gasteiger partial charge is 0.170 e. The van der Waals surface area contributed by atoms with Gasteiger partial charge in [-0.05, 0) is 24.3 Å². The highest BCUT2D eigenvalue weighted by molar-refractivity contribution is 5.96. The van der Waals surface area contributed by atoms with Crippen molar-refractivity contribution in [3.63, 3.8) is 0 Å². The third-order valence-corrected chi connectivity index (χ3v) is 3.41. The van der Waals surface area contributed by atoms with E-state index in [1.165, 1.54) is 18.4 Å². The van der Waals surface area contributed by atoms with Crippen molar-refractivity contribution in [1.82, 2.24) is 4.90 Å². The fourth-order valence-electron chi connectivity index (χ4n) is 2.32. The summed E-state index contributed by atoms with van der Waals surface area (Å²) in [6.45, 7) is 6.65. The van der Waals surface area contributed by atoms with E-state index in [9.17, 15) is 0 Å². The molecule has 104 valence electrons. The molecule has 2 rings (SSSR count). The quantitative estimate of drug-likeness (QED) is 0.358. The van der Waals surface area contributed by atoms with Gasteiger partial charge in [-0.1, -0.05) is 43.3 Å². The molecule has 1 fully saturated rings. The van der Waals surface area contributed by atoms with Crippen molar-refractivity contribution in [2.75, 3.05) is 6.54 Å². The normalized spacial score (nSPS) is 16.3. The second-order valence-corrected chi connectivity index (χ2v) is 5.74. The van der Waals surface area contributed by atoms with E-state index in [2.05, 4.69) is 36.0 Å². The van der Waals surface area contributed by atoms with E-state index in [0.717, 1.165) is 24.7 Å². The number of nitrogens with zero attached hydrogens (tertiary/aromatic N) is 2. The van der Waals surface area contributed by atoms with Gasteiger partial charge in [-0.25, -0.2) is 0 Å². The molecule has 0 aliphatic heterocycles. The van der Waals surface area contributed by atoms with Crippen LogP contribution in [0.1, 0.15) is 37.8 Å². The van der Waals surface area contributed by atoms with Crippen LogP contribution in [0.5, 0.6) is 0 Å². The van der Waals surface area contributed by atoms with Crippen LogP contribution in [0.15, 0.2) is 29.4 Å². The third kappa shape index (κ3) is 3.96. The molecular formula is C15H23N3O. The lowest BCUT2D eigenvalue weighted by Crippen LogP contribution is -2.29. The van der Waals surface area contributed by atoms with Crippen molar-refractivity contribution in [3.05, 3.63) is 35.4 Å². The standard InChI is InChI=1S/C15H23N3O/c1-11(2)9-18(14-7-8-14)10-12-3-5-13(6-4-12)15(16)17-19/h3-6,11,14,19H,7-10H2,1-2H3,(H2,16,17). The van der Waals surface area contributed by atoms with Gasteiger partial charge in [-0.3, -0.25) is 4.90 Å². The summed E-state index contributed by atoms with van der Waals surface area (Å²) in [7, 11) is 0. The van der Waals surface area contributed by atoms with Gasteiger partial charge in [0, 0.05) is 24.7 Å². The lowest BCUT2D eigenvalue weighted by Gasteiger charge is -2.24. The average Bonchev–Trinajstić information content (AvgIpc) is 3.21. The summed E-state index contributed by atoms with van der Waals surface area (Å²) in [6.07, 6.45) is 2.66. The largest absolute Gasteiger partial charge is 0.409 e. The number of rotatable bonds is 6. The molecule has 4 heteroatoms. The molecule has 0 unspecified atom stereocenters. The van der Waals surface area contributed by atoms with Crippen LogP contribution in [0.4, 0.5) is 0 Å². The van der Waals surface area contributed by atoms with Gasteiger partial charge in [0.15, 0.2) is 5.84 Å². The van der Waals surface area contributed by atoms with Crippen LogP contribution in [-0.4, -0.2) is 28.5 Å². The molecule has 19 heavy (non-hydrogen) atoms. The van der Waals surface area contributed by atoms with Gasteiger partial charge >= 0.3 is 0 Å². The van der Waals surface area contributed by atoms with Crippen LogP contribution in [0.25, 0.3) is 0 Å². The summed E-state index contributed by atoms with van der Waals surface area (Å²) in [5.74, 6) is 0.852. The molecule has 0 heterocycles. The molecule has 3 N–H and O–H groups in total. The highest BCUT2D eigenvalue weighted by Crippen LogP contribution is 2.29. The summed E-state index contributed by atoms with van der Waals surface area (Å²) >= 11 is 0. The van der Waals surface area contributed by atoms with Crippen molar-refractivity contribution >= 4 is 5.84 Å². The SMILES string of the molecule is CC(C)CN(Cc1ccc(C(N)=NO)cc1)C1CC1. The van der Waals surface area contributed by atoms with Gasteiger partial charge in [0.1, 0.15) is 0 Å². The molecule has 1 aliphatic carbocycles. The van der Waals surface area contributed by atoms with E-state index >= 15 is 0 Å². The first-order valence-corrected chi connectivity index (χ1v) is 6.91. The van der Waals surface area contributed by atoms with Crippen molar-refractivity contribution < 1.29 is 5.21 Å². The molecule has 0 saturated heterocycles. The molecule has 0 radical (unpaired) electrons. The molecule has 0 aromatic heterocycles. The molecule has 1 aromatic rings. The second kappa shape index (κ2) is 6.06. The van der Waals surface area contributed by atoms with Gasteiger partial charge in [-0.2, -0.15) is 0 Å². The first-order chi connectivity index (χ1) is 9.10. The highest BCUT2D eigenvalue weighted by atomic mass is 16.4. The van der Waals surface area contributed by atoms with Crippen molar-refractivity contribution in [2.45, 2.75) is 39.3 Å². The van der Waals surface area contributed by atoms with Crippen molar-refractivity contribution in [3.8, 4) is 0 Å². The molecule has 0 spiro atoms. The van der Waals surface area contributed by atoms with E-state index in [1.807, 2.05) is 12.1 Å². The average molecular weight is 261 g/mol. The van der Waals surface area contributed by atoms with E-state index in [0.29, 0.717) is 5.92 Å². The van der Waals surface area contributed by atoms with Crippen LogP contribution in [-0.2, 0) is 6.54 Å². The fourth-order valence-corrected chi connectivity index (χ4v) is 2.32. The lowest BCUT2D eigenvalue weighted by atomic mass is 10.1. The zero-order valence-electron chi connectivity index (χ0n) is 11.7. The predicted molar refractivity (Wildman–Crippen MR) is 77.2 cm³/mol. The maximum Gasteiger partial charge on any atom is 0.170 e. The first-order valence-electron chi connectivity index (χ1n) is 6.91. The summed E-state index contributed by atoms with van der Waals surface area (Å²) in [6, 6.07) is 8.70. The Kier molecular flexibility index (Phi) is 4.43. The van der Waals surface area contributed by atoms with E-state index < -0.39 is 0 Å². The van der Waals surface area contributed by atoms with E-state index in [1.54, 1.807) is 0 Å². The molecule has 0 atom stereocenters. The zero-order chi connectivity index (χ0) is 13.8.